The van der Waals surface area contributed by atoms with E-state index in [0.29, 0.717) is 20.8 Å². The van der Waals surface area contributed by atoms with E-state index in [0.717, 1.165) is 6.08 Å². The van der Waals surface area contributed by atoms with Gasteiger partial charge in [-0.25, -0.2) is 9.18 Å². The second-order valence-corrected chi connectivity index (χ2v) is 5.26. The second-order valence-electron chi connectivity index (χ2n) is 4.00. The van der Waals surface area contributed by atoms with Crippen LogP contribution in [0.25, 0.3) is 6.08 Å². The van der Waals surface area contributed by atoms with Crippen LogP contribution in [-0.4, -0.2) is 11.1 Å². The lowest BCUT2D eigenvalue weighted by Gasteiger charge is -2.10. The summed E-state index contributed by atoms with van der Waals surface area (Å²) in [7, 11) is 0. The van der Waals surface area contributed by atoms with Gasteiger partial charge in [0.05, 0.1) is 9.50 Å². The van der Waals surface area contributed by atoms with Crippen molar-refractivity contribution >= 4 is 39.6 Å². The molecule has 0 saturated heterocycles. The maximum atomic E-state index is 13.5. The number of benzene rings is 2. The predicted octanol–water partition coefficient (Wildman–Crippen LogP) is 5.13. The second kappa shape index (κ2) is 6.74. The van der Waals surface area contributed by atoms with Crippen molar-refractivity contribution in [2.45, 2.75) is 0 Å². The number of hydrogen-bond acceptors (Lipinski definition) is 2. The van der Waals surface area contributed by atoms with E-state index < -0.39 is 11.8 Å². The zero-order valence-electron chi connectivity index (χ0n) is 10.5. The third-order valence-corrected chi connectivity index (χ3v) is 3.50. The molecule has 0 aliphatic carbocycles. The monoisotopic (exact) mass is 370 g/mol. The minimum absolute atomic E-state index is 0.281. The molecular weight excluding hydrogens is 363 g/mol. The molecule has 2 aromatic carbocycles. The lowest BCUT2D eigenvalue weighted by molar-refractivity contribution is -0.131. The van der Waals surface area contributed by atoms with Gasteiger partial charge in [-0.3, -0.25) is 0 Å². The Hall–Kier alpha value is -1.85. The van der Waals surface area contributed by atoms with E-state index in [4.69, 9.17) is 21.4 Å². The van der Waals surface area contributed by atoms with Gasteiger partial charge in [-0.2, -0.15) is 0 Å². The van der Waals surface area contributed by atoms with E-state index in [-0.39, 0.29) is 5.75 Å². The fraction of sp³-hybridized carbons (Fsp3) is 0. The first-order valence-corrected chi connectivity index (χ1v) is 6.97. The largest absolute Gasteiger partial charge is 0.478 e. The molecular formula is C15H9BrClFO3. The summed E-state index contributed by atoms with van der Waals surface area (Å²) in [4.78, 5) is 10.6. The quantitative estimate of drug-likeness (QED) is 0.758. The minimum atomic E-state index is -1.10. The van der Waals surface area contributed by atoms with E-state index in [2.05, 4.69) is 15.9 Å². The average molecular weight is 372 g/mol. The van der Waals surface area contributed by atoms with Crippen LogP contribution in [0.3, 0.4) is 0 Å². The van der Waals surface area contributed by atoms with Crippen molar-refractivity contribution in [3.05, 3.63) is 63.4 Å². The highest BCUT2D eigenvalue weighted by atomic mass is 79.9. The Bertz CT molecular complexity index is 716. The van der Waals surface area contributed by atoms with Crippen molar-refractivity contribution in [1.29, 1.82) is 0 Å². The zero-order chi connectivity index (χ0) is 15.4. The van der Waals surface area contributed by atoms with E-state index in [9.17, 15) is 9.18 Å². The number of ether oxygens (including phenoxy) is 1. The normalized spacial score (nSPS) is 10.8. The van der Waals surface area contributed by atoms with Crippen LogP contribution < -0.4 is 4.74 Å². The Balaban J connectivity index is 2.37. The van der Waals surface area contributed by atoms with E-state index in [1.54, 1.807) is 24.3 Å². The molecule has 0 aliphatic rings. The van der Waals surface area contributed by atoms with Gasteiger partial charge >= 0.3 is 5.97 Å². The summed E-state index contributed by atoms with van der Waals surface area (Å²) in [5.74, 6) is -0.947. The Labute approximate surface area is 133 Å². The molecule has 0 radical (unpaired) electrons. The first-order chi connectivity index (χ1) is 9.97. The first-order valence-electron chi connectivity index (χ1n) is 5.80. The Kier molecular flexibility index (Phi) is 4.98. The molecule has 108 valence electrons. The van der Waals surface area contributed by atoms with Gasteiger partial charge in [0.25, 0.3) is 0 Å². The highest BCUT2D eigenvalue weighted by Crippen LogP contribution is 2.32. The maximum Gasteiger partial charge on any atom is 0.328 e. The van der Waals surface area contributed by atoms with Crippen molar-refractivity contribution in [2.24, 2.45) is 0 Å². The zero-order valence-corrected chi connectivity index (χ0v) is 12.9. The predicted molar refractivity (Wildman–Crippen MR) is 82.3 cm³/mol. The summed E-state index contributed by atoms with van der Waals surface area (Å²) in [5, 5.41) is 9.02. The molecule has 2 aromatic rings. The van der Waals surface area contributed by atoms with Crippen LogP contribution in [0.1, 0.15) is 5.56 Å². The van der Waals surface area contributed by atoms with Crippen molar-refractivity contribution in [3.63, 3.8) is 0 Å². The summed E-state index contributed by atoms with van der Waals surface area (Å²) < 4.78 is 19.4. The Morgan fingerprint density at radius 1 is 1.33 bits per heavy atom. The van der Waals surface area contributed by atoms with E-state index in [1.807, 2.05) is 0 Å². The molecule has 0 fully saturated rings. The molecule has 0 atom stereocenters. The van der Waals surface area contributed by atoms with Crippen molar-refractivity contribution < 1.29 is 19.0 Å². The fourth-order valence-electron chi connectivity index (χ4n) is 1.59. The average Bonchev–Trinajstić information content (AvgIpc) is 2.42. The molecule has 0 heterocycles. The first kappa shape index (κ1) is 15.5. The van der Waals surface area contributed by atoms with Gasteiger partial charge in [-0.1, -0.05) is 17.7 Å². The third kappa shape index (κ3) is 4.06. The van der Waals surface area contributed by atoms with Crippen LogP contribution in [0.2, 0.25) is 5.02 Å². The van der Waals surface area contributed by atoms with Crippen LogP contribution >= 0.6 is 27.5 Å². The number of carboxylic acids is 1. The molecule has 0 saturated carbocycles. The smallest absolute Gasteiger partial charge is 0.328 e. The van der Waals surface area contributed by atoms with Gasteiger partial charge in [0.1, 0.15) is 17.3 Å². The molecule has 0 aliphatic heterocycles. The number of carbonyl (C=O) groups is 1. The summed E-state index contributed by atoms with van der Waals surface area (Å²) in [6.45, 7) is 0. The third-order valence-electron chi connectivity index (χ3n) is 2.52. The molecule has 0 aromatic heterocycles. The van der Waals surface area contributed by atoms with Crippen LogP contribution in [0.5, 0.6) is 11.5 Å². The summed E-state index contributed by atoms with van der Waals surface area (Å²) in [6, 6.07) is 9.20. The molecule has 0 bridgehead atoms. The Morgan fingerprint density at radius 2 is 2.10 bits per heavy atom. The van der Waals surface area contributed by atoms with Crippen molar-refractivity contribution in [3.8, 4) is 11.5 Å². The highest BCUT2D eigenvalue weighted by molar-refractivity contribution is 9.10. The van der Waals surface area contributed by atoms with Crippen LogP contribution in [0.4, 0.5) is 4.39 Å². The van der Waals surface area contributed by atoms with E-state index >= 15 is 0 Å². The number of aliphatic carboxylic acids is 1. The maximum absolute atomic E-state index is 13.5. The molecule has 1 N–H and O–H groups in total. The standard InChI is InChI=1S/C15H9BrClFO3/c16-11-6-4-9(8-13(11)18)21-14-3-1-2-12(17)10(14)5-7-15(19)20/h1-8H,(H,19,20). The molecule has 3 nitrogen and oxygen atoms in total. The summed E-state index contributed by atoms with van der Waals surface area (Å²) in [5.41, 5.74) is 0.407. The summed E-state index contributed by atoms with van der Waals surface area (Å²) >= 11 is 9.08. The lowest BCUT2D eigenvalue weighted by atomic mass is 10.2. The van der Waals surface area contributed by atoms with Crippen LogP contribution in [0.15, 0.2) is 46.9 Å². The number of halogens is 3. The Morgan fingerprint density at radius 3 is 2.76 bits per heavy atom. The number of carboxylic acid groups (broad SMARTS) is 1. The van der Waals surface area contributed by atoms with Gasteiger partial charge in [0.2, 0.25) is 0 Å². The van der Waals surface area contributed by atoms with Crippen LogP contribution in [0, 0.1) is 5.82 Å². The van der Waals surface area contributed by atoms with Gasteiger partial charge in [0, 0.05) is 17.7 Å². The molecule has 0 amide bonds. The highest BCUT2D eigenvalue weighted by Gasteiger charge is 2.09. The molecule has 21 heavy (non-hydrogen) atoms. The molecule has 6 heteroatoms. The minimum Gasteiger partial charge on any atom is -0.478 e. The molecule has 0 unspecified atom stereocenters. The van der Waals surface area contributed by atoms with Crippen molar-refractivity contribution in [1.82, 2.24) is 0 Å². The summed E-state index contributed by atoms with van der Waals surface area (Å²) in [6.07, 6.45) is 2.28. The van der Waals surface area contributed by atoms with Crippen LogP contribution in [-0.2, 0) is 4.79 Å². The number of rotatable bonds is 4. The molecule has 2 rings (SSSR count). The van der Waals surface area contributed by atoms with Gasteiger partial charge in [-0.15, -0.1) is 0 Å². The van der Waals surface area contributed by atoms with Gasteiger partial charge in [0.15, 0.2) is 0 Å². The fourth-order valence-corrected chi connectivity index (χ4v) is 2.07. The number of hydrogen-bond donors (Lipinski definition) is 1. The SMILES string of the molecule is O=C(O)C=Cc1c(Cl)cccc1Oc1ccc(Br)c(F)c1. The van der Waals surface area contributed by atoms with Crippen molar-refractivity contribution in [2.75, 3.05) is 0 Å². The van der Waals surface area contributed by atoms with Gasteiger partial charge < -0.3 is 9.84 Å². The topological polar surface area (TPSA) is 46.5 Å². The lowest BCUT2D eigenvalue weighted by Crippen LogP contribution is -1.91. The van der Waals surface area contributed by atoms with E-state index in [1.165, 1.54) is 18.2 Å². The van der Waals surface area contributed by atoms with Gasteiger partial charge in [-0.05, 0) is 46.3 Å². The molecule has 0 spiro atoms.